The van der Waals surface area contributed by atoms with Gasteiger partial charge in [-0.2, -0.15) is 5.26 Å². The Kier molecular flexibility index (Phi) is 6.98. The number of thiophene rings is 1. The molecule has 0 saturated heterocycles. The van der Waals surface area contributed by atoms with E-state index in [4.69, 9.17) is 9.97 Å². The standard InChI is InChI=1S/C47H33N3S/c48-29-30-17-19-31(20-18-30)33-21-23-36-37-24-22-34(28-41(37)47(40(36)27-33)25-9-2-10-26-47)35-13-5-6-14-38(35)46-49-43(32-11-3-1-4-12-32)45-44(50-46)39-15-7-8-16-42(39)51-45/h1,3-8,11-24,27-28H,2,9-10,25-26H2. The van der Waals surface area contributed by atoms with Crippen LogP contribution in [0.1, 0.15) is 48.8 Å². The van der Waals surface area contributed by atoms with Crippen LogP contribution in [0.3, 0.4) is 0 Å². The molecule has 2 aliphatic rings. The lowest BCUT2D eigenvalue weighted by atomic mass is 9.67. The molecule has 0 N–H and O–H groups in total. The fourth-order valence-electron chi connectivity index (χ4n) is 8.71. The Morgan fingerprint density at radius 2 is 1.20 bits per heavy atom. The van der Waals surface area contributed by atoms with Crippen molar-refractivity contribution in [3.8, 4) is 62.1 Å². The fraction of sp³-hybridized carbons (Fsp3) is 0.128. The molecule has 242 valence electrons. The minimum atomic E-state index is -0.0119. The maximum Gasteiger partial charge on any atom is 0.161 e. The summed E-state index contributed by atoms with van der Waals surface area (Å²) in [7, 11) is 0. The highest BCUT2D eigenvalue weighted by Gasteiger charge is 2.44. The van der Waals surface area contributed by atoms with Crippen molar-refractivity contribution >= 4 is 31.6 Å². The van der Waals surface area contributed by atoms with Crippen LogP contribution in [0.5, 0.6) is 0 Å². The molecular formula is C47H33N3S. The minimum Gasteiger partial charge on any atom is -0.226 e. The van der Waals surface area contributed by atoms with E-state index in [1.165, 1.54) is 62.7 Å². The highest BCUT2D eigenvalue weighted by molar-refractivity contribution is 7.26. The molecule has 1 saturated carbocycles. The summed E-state index contributed by atoms with van der Waals surface area (Å²) in [6, 6.07) is 52.2. The lowest BCUT2D eigenvalue weighted by Crippen LogP contribution is -2.28. The van der Waals surface area contributed by atoms with E-state index in [0.717, 1.165) is 56.8 Å². The van der Waals surface area contributed by atoms with Crippen molar-refractivity contribution in [3.63, 3.8) is 0 Å². The summed E-state index contributed by atoms with van der Waals surface area (Å²) in [6.45, 7) is 0. The van der Waals surface area contributed by atoms with Gasteiger partial charge in [-0.25, -0.2) is 9.97 Å². The van der Waals surface area contributed by atoms with Crippen molar-refractivity contribution in [1.29, 1.82) is 5.26 Å². The van der Waals surface area contributed by atoms with Gasteiger partial charge in [-0.3, -0.25) is 0 Å². The SMILES string of the molecule is N#Cc1ccc(-c2ccc3c(c2)C2(CCCCC2)c2cc(-c4ccccc4-c4nc(-c5ccccc5)c5sc6ccccc6c5n4)ccc2-3)cc1. The first-order valence-electron chi connectivity index (χ1n) is 17.8. The molecule has 2 heterocycles. The second-order valence-electron chi connectivity index (χ2n) is 13.9. The molecule has 2 aromatic heterocycles. The largest absolute Gasteiger partial charge is 0.226 e. The van der Waals surface area contributed by atoms with E-state index >= 15 is 0 Å². The second kappa shape index (κ2) is 11.9. The van der Waals surface area contributed by atoms with Crippen LogP contribution < -0.4 is 0 Å². The van der Waals surface area contributed by atoms with Crippen LogP contribution in [0, 0.1) is 11.3 Å². The Morgan fingerprint density at radius 3 is 1.96 bits per heavy atom. The predicted octanol–water partition coefficient (Wildman–Crippen LogP) is 12.6. The average Bonchev–Trinajstić information content (AvgIpc) is 3.71. The van der Waals surface area contributed by atoms with Crippen LogP contribution in [-0.2, 0) is 5.41 Å². The number of hydrogen-bond donors (Lipinski definition) is 0. The van der Waals surface area contributed by atoms with E-state index in [2.05, 4.69) is 133 Å². The molecule has 1 fully saturated rings. The van der Waals surface area contributed by atoms with E-state index in [1.807, 2.05) is 12.1 Å². The van der Waals surface area contributed by atoms with Gasteiger partial charge in [-0.15, -0.1) is 11.3 Å². The Labute approximate surface area is 301 Å². The lowest BCUT2D eigenvalue weighted by molar-refractivity contribution is 0.353. The van der Waals surface area contributed by atoms with Crippen LogP contribution in [0.4, 0.5) is 0 Å². The number of nitrogens with zero attached hydrogens (tertiary/aromatic N) is 3. The van der Waals surface area contributed by atoms with Gasteiger partial charge in [0.25, 0.3) is 0 Å². The van der Waals surface area contributed by atoms with Crippen molar-refractivity contribution in [3.05, 3.63) is 156 Å². The van der Waals surface area contributed by atoms with Gasteiger partial charge in [0.2, 0.25) is 0 Å². The molecule has 8 aromatic rings. The Morgan fingerprint density at radius 1 is 0.549 bits per heavy atom. The number of nitriles is 1. The normalized spacial score (nSPS) is 14.4. The van der Waals surface area contributed by atoms with Crippen molar-refractivity contribution < 1.29 is 0 Å². The molecule has 0 atom stereocenters. The van der Waals surface area contributed by atoms with E-state index in [-0.39, 0.29) is 5.41 Å². The molecule has 51 heavy (non-hydrogen) atoms. The number of aromatic nitrogens is 2. The minimum absolute atomic E-state index is 0.0119. The van der Waals surface area contributed by atoms with Crippen molar-refractivity contribution in [2.75, 3.05) is 0 Å². The molecule has 0 amide bonds. The highest BCUT2D eigenvalue weighted by atomic mass is 32.1. The predicted molar refractivity (Wildman–Crippen MR) is 211 cm³/mol. The lowest BCUT2D eigenvalue weighted by Gasteiger charge is -2.36. The van der Waals surface area contributed by atoms with Gasteiger partial charge < -0.3 is 0 Å². The third kappa shape index (κ3) is 4.77. The molecule has 2 aliphatic carbocycles. The summed E-state index contributed by atoms with van der Waals surface area (Å²) in [5.41, 5.74) is 15.2. The van der Waals surface area contributed by atoms with Gasteiger partial charge in [-0.1, -0.05) is 128 Å². The van der Waals surface area contributed by atoms with E-state index in [9.17, 15) is 5.26 Å². The summed E-state index contributed by atoms with van der Waals surface area (Å²) in [6.07, 6.45) is 6.04. The molecule has 6 aromatic carbocycles. The summed E-state index contributed by atoms with van der Waals surface area (Å²) < 4.78 is 2.35. The first kappa shape index (κ1) is 30.0. The number of hydrogen-bond acceptors (Lipinski definition) is 4. The summed E-state index contributed by atoms with van der Waals surface area (Å²) >= 11 is 1.77. The van der Waals surface area contributed by atoms with Gasteiger partial charge in [0.15, 0.2) is 5.82 Å². The van der Waals surface area contributed by atoms with Crippen LogP contribution in [0.25, 0.3) is 76.3 Å². The van der Waals surface area contributed by atoms with Gasteiger partial charge in [0.05, 0.1) is 27.5 Å². The average molecular weight is 672 g/mol. The molecule has 0 unspecified atom stereocenters. The Hall–Kier alpha value is -5.89. The van der Waals surface area contributed by atoms with Crippen molar-refractivity contribution in [2.45, 2.75) is 37.5 Å². The number of rotatable bonds is 4. The van der Waals surface area contributed by atoms with Crippen LogP contribution in [0.15, 0.2) is 140 Å². The number of fused-ring (bicyclic) bond motifs is 8. The van der Waals surface area contributed by atoms with E-state index in [0.29, 0.717) is 5.56 Å². The first-order valence-corrected chi connectivity index (χ1v) is 18.7. The van der Waals surface area contributed by atoms with Gasteiger partial charge in [-0.05, 0) is 87.7 Å². The molecule has 4 heteroatoms. The van der Waals surface area contributed by atoms with Gasteiger partial charge in [0.1, 0.15) is 0 Å². The number of benzene rings is 6. The van der Waals surface area contributed by atoms with E-state index in [1.54, 1.807) is 11.3 Å². The maximum atomic E-state index is 9.35. The second-order valence-corrected chi connectivity index (χ2v) is 15.0. The van der Waals surface area contributed by atoms with Crippen molar-refractivity contribution in [2.24, 2.45) is 0 Å². The maximum absolute atomic E-state index is 9.35. The van der Waals surface area contributed by atoms with Crippen LogP contribution >= 0.6 is 11.3 Å². The smallest absolute Gasteiger partial charge is 0.161 e. The third-order valence-corrected chi connectivity index (χ3v) is 12.3. The van der Waals surface area contributed by atoms with Crippen molar-refractivity contribution in [1.82, 2.24) is 9.97 Å². The van der Waals surface area contributed by atoms with Crippen LogP contribution in [0.2, 0.25) is 0 Å². The summed E-state index contributed by atoms with van der Waals surface area (Å²) in [4.78, 5) is 10.7. The molecule has 10 rings (SSSR count). The Bertz CT molecular complexity index is 2680. The van der Waals surface area contributed by atoms with Gasteiger partial charge >= 0.3 is 0 Å². The zero-order valence-corrected chi connectivity index (χ0v) is 28.9. The third-order valence-electron chi connectivity index (χ3n) is 11.2. The quantitative estimate of drug-likeness (QED) is 0.187. The topological polar surface area (TPSA) is 49.6 Å². The fourth-order valence-corrected chi connectivity index (χ4v) is 9.86. The summed E-state index contributed by atoms with van der Waals surface area (Å²) in [5, 5.41) is 10.5. The molecule has 3 nitrogen and oxygen atoms in total. The molecule has 0 radical (unpaired) electrons. The zero-order valence-electron chi connectivity index (χ0n) is 28.1. The highest BCUT2D eigenvalue weighted by Crippen LogP contribution is 2.57. The molecule has 0 aliphatic heterocycles. The van der Waals surface area contributed by atoms with Crippen LogP contribution in [-0.4, -0.2) is 9.97 Å². The Balaban J connectivity index is 1.13. The van der Waals surface area contributed by atoms with Gasteiger partial charge in [0, 0.05) is 26.6 Å². The monoisotopic (exact) mass is 671 g/mol. The first-order chi connectivity index (χ1) is 25.2. The summed E-state index contributed by atoms with van der Waals surface area (Å²) in [5.74, 6) is 0.753. The van der Waals surface area contributed by atoms with E-state index < -0.39 is 0 Å². The zero-order chi connectivity index (χ0) is 33.9. The molecule has 1 spiro atoms. The molecular weight excluding hydrogens is 639 g/mol. The molecule has 0 bridgehead atoms.